The zero-order valence-corrected chi connectivity index (χ0v) is 11.1. The van der Waals surface area contributed by atoms with Gasteiger partial charge in [0.1, 0.15) is 0 Å². The number of hydrogen-bond donors (Lipinski definition) is 1. The molecule has 94 valence electrons. The van der Waals surface area contributed by atoms with Crippen LogP contribution in [-0.2, 0) is 0 Å². The van der Waals surface area contributed by atoms with Gasteiger partial charge in [0.25, 0.3) is 0 Å². The number of hydrogen-bond acceptors (Lipinski definition) is 1. The Bertz CT molecular complexity index is 192. The Morgan fingerprint density at radius 3 is 2.56 bits per heavy atom. The van der Waals surface area contributed by atoms with Crippen LogP contribution in [0.5, 0.6) is 0 Å². The molecule has 1 nitrogen and oxygen atoms in total. The van der Waals surface area contributed by atoms with E-state index in [0.29, 0.717) is 5.41 Å². The second kappa shape index (κ2) is 6.05. The van der Waals surface area contributed by atoms with Gasteiger partial charge in [0.2, 0.25) is 0 Å². The maximum absolute atomic E-state index is 3.70. The van der Waals surface area contributed by atoms with Gasteiger partial charge in [-0.3, -0.25) is 0 Å². The number of rotatable bonds is 0. The molecule has 0 amide bonds. The predicted octanol–water partition coefficient (Wildman–Crippen LogP) is 4.13. The van der Waals surface area contributed by atoms with Crippen LogP contribution in [0.3, 0.4) is 0 Å². The summed E-state index contributed by atoms with van der Waals surface area (Å²) < 4.78 is 0. The molecule has 0 aromatic rings. The molecule has 1 aliphatic heterocycles. The summed E-state index contributed by atoms with van der Waals surface area (Å²) in [7, 11) is 0. The van der Waals surface area contributed by atoms with Crippen molar-refractivity contribution in [2.45, 2.75) is 71.1 Å². The molecule has 0 aromatic carbocycles. The van der Waals surface area contributed by atoms with Crippen molar-refractivity contribution in [1.29, 1.82) is 0 Å². The van der Waals surface area contributed by atoms with Gasteiger partial charge in [-0.25, -0.2) is 0 Å². The third kappa shape index (κ3) is 3.48. The Labute approximate surface area is 101 Å². The average molecular weight is 223 g/mol. The lowest BCUT2D eigenvalue weighted by molar-refractivity contribution is 0.182. The molecule has 2 rings (SSSR count). The largest absolute Gasteiger partial charge is 0.316 e. The molecule has 2 atom stereocenters. The Morgan fingerprint density at radius 2 is 1.69 bits per heavy atom. The first-order valence-corrected chi connectivity index (χ1v) is 7.52. The highest BCUT2D eigenvalue weighted by Gasteiger charge is 2.32. The molecule has 16 heavy (non-hydrogen) atoms. The molecular weight excluding hydrogens is 194 g/mol. The fraction of sp³-hybridized carbons (Fsp3) is 1.00. The summed E-state index contributed by atoms with van der Waals surface area (Å²) in [6, 6.07) is 0. The van der Waals surface area contributed by atoms with Crippen molar-refractivity contribution in [1.82, 2.24) is 5.32 Å². The van der Waals surface area contributed by atoms with Crippen molar-refractivity contribution in [2.24, 2.45) is 11.3 Å². The lowest BCUT2D eigenvalue weighted by Gasteiger charge is -2.35. The summed E-state index contributed by atoms with van der Waals surface area (Å²) >= 11 is 0. The minimum Gasteiger partial charge on any atom is -0.316 e. The SMILES string of the molecule is CC1CCCCCCC2(CCCCNC2)C1. The van der Waals surface area contributed by atoms with Gasteiger partial charge < -0.3 is 5.32 Å². The molecule has 0 aromatic heterocycles. The van der Waals surface area contributed by atoms with Gasteiger partial charge in [0, 0.05) is 6.54 Å². The van der Waals surface area contributed by atoms with Crippen molar-refractivity contribution in [3.8, 4) is 0 Å². The third-order valence-corrected chi connectivity index (χ3v) is 4.75. The summed E-state index contributed by atoms with van der Waals surface area (Å²) in [5, 5.41) is 3.70. The highest BCUT2D eigenvalue weighted by Crippen LogP contribution is 2.40. The minimum atomic E-state index is 0.667. The Kier molecular flexibility index (Phi) is 4.69. The Hall–Kier alpha value is -0.0400. The lowest BCUT2D eigenvalue weighted by Crippen LogP contribution is -2.34. The molecule has 2 aliphatic rings. The third-order valence-electron chi connectivity index (χ3n) is 4.75. The van der Waals surface area contributed by atoms with Crippen molar-refractivity contribution < 1.29 is 0 Å². The molecule has 1 heteroatoms. The van der Waals surface area contributed by atoms with E-state index < -0.39 is 0 Å². The molecular formula is C15H29N. The highest BCUT2D eigenvalue weighted by molar-refractivity contribution is 4.86. The van der Waals surface area contributed by atoms with Crippen LogP contribution in [0.1, 0.15) is 71.1 Å². The molecule has 2 unspecified atom stereocenters. The van der Waals surface area contributed by atoms with Crippen LogP contribution in [-0.4, -0.2) is 13.1 Å². The van der Waals surface area contributed by atoms with Crippen molar-refractivity contribution >= 4 is 0 Å². The standard InChI is InChI=1S/C15H29N/c1-14-8-4-2-3-5-9-15(12-14)10-6-7-11-16-13-15/h14,16H,2-13H2,1H3. The van der Waals surface area contributed by atoms with Crippen LogP contribution in [0, 0.1) is 11.3 Å². The maximum atomic E-state index is 3.70. The Morgan fingerprint density at radius 1 is 0.938 bits per heavy atom. The van der Waals surface area contributed by atoms with Gasteiger partial charge in [0.05, 0.1) is 0 Å². The fourth-order valence-electron chi connectivity index (χ4n) is 3.87. The van der Waals surface area contributed by atoms with Gasteiger partial charge in [-0.1, -0.05) is 45.4 Å². The van der Waals surface area contributed by atoms with Crippen LogP contribution in [0.4, 0.5) is 0 Å². The minimum absolute atomic E-state index is 0.667. The second-order valence-corrected chi connectivity index (χ2v) is 6.40. The summed E-state index contributed by atoms with van der Waals surface area (Å²) in [5.41, 5.74) is 0.667. The van der Waals surface area contributed by atoms with Gasteiger partial charge >= 0.3 is 0 Å². The monoisotopic (exact) mass is 223 g/mol. The van der Waals surface area contributed by atoms with E-state index in [1.54, 1.807) is 0 Å². The summed E-state index contributed by atoms with van der Waals surface area (Å²) in [6.07, 6.45) is 14.7. The molecule has 1 spiro atoms. The van der Waals surface area contributed by atoms with Crippen molar-refractivity contribution in [3.63, 3.8) is 0 Å². The van der Waals surface area contributed by atoms with E-state index in [2.05, 4.69) is 12.2 Å². The quantitative estimate of drug-likeness (QED) is 0.651. The Balaban J connectivity index is 2.00. The van der Waals surface area contributed by atoms with E-state index in [-0.39, 0.29) is 0 Å². The molecule has 0 radical (unpaired) electrons. The summed E-state index contributed by atoms with van der Waals surface area (Å²) in [6.45, 7) is 5.05. The van der Waals surface area contributed by atoms with E-state index in [4.69, 9.17) is 0 Å². The van der Waals surface area contributed by atoms with Crippen LogP contribution >= 0.6 is 0 Å². The van der Waals surface area contributed by atoms with Crippen LogP contribution in [0.25, 0.3) is 0 Å². The molecule has 0 bridgehead atoms. The molecule has 1 heterocycles. The average Bonchev–Trinajstić information content (AvgIpc) is 2.44. The zero-order chi connectivity index (χ0) is 11.3. The van der Waals surface area contributed by atoms with Crippen molar-refractivity contribution in [3.05, 3.63) is 0 Å². The van der Waals surface area contributed by atoms with E-state index in [9.17, 15) is 0 Å². The van der Waals surface area contributed by atoms with Crippen LogP contribution in [0.15, 0.2) is 0 Å². The lowest BCUT2D eigenvalue weighted by atomic mass is 9.72. The fourth-order valence-corrected chi connectivity index (χ4v) is 3.87. The topological polar surface area (TPSA) is 12.0 Å². The second-order valence-electron chi connectivity index (χ2n) is 6.40. The first-order valence-electron chi connectivity index (χ1n) is 7.52. The van der Waals surface area contributed by atoms with Gasteiger partial charge in [-0.15, -0.1) is 0 Å². The van der Waals surface area contributed by atoms with E-state index in [0.717, 1.165) is 5.92 Å². The smallest absolute Gasteiger partial charge is 0.000791 e. The van der Waals surface area contributed by atoms with Gasteiger partial charge in [0.15, 0.2) is 0 Å². The van der Waals surface area contributed by atoms with Gasteiger partial charge in [-0.2, -0.15) is 0 Å². The predicted molar refractivity (Wildman–Crippen MR) is 70.6 cm³/mol. The first-order chi connectivity index (χ1) is 7.81. The van der Waals surface area contributed by atoms with E-state index in [1.807, 2.05) is 0 Å². The molecule has 1 saturated heterocycles. The van der Waals surface area contributed by atoms with E-state index >= 15 is 0 Å². The number of nitrogens with one attached hydrogen (secondary N) is 1. The summed E-state index contributed by atoms with van der Waals surface area (Å²) in [4.78, 5) is 0. The molecule has 1 aliphatic carbocycles. The van der Waals surface area contributed by atoms with E-state index in [1.165, 1.54) is 77.3 Å². The maximum Gasteiger partial charge on any atom is 0.000791 e. The highest BCUT2D eigenvalue weighted by atomic mass is 14.9. The van der Waals surface area contributed by atoms with Crippen LogP contribution in [0.2, 0.25) is 0 Å². The molecule has 1 N–H and O–H groups in total. The van der Waals surface area contributed by atoms with Crippen LogP contribution < -0.4 is 5.32 Å². The first kappa shape index (κ1) is 12.4. The normalized spacial score (nSPS) is 38.4. The van der Waals surface area contributed by atoms with Crippen molar-refractivity contribution in [2.75, 3.05) is 13.1 Å². The molecule has 1 saturated carbocycles. The summed E-state index contributed by atoms with van der Waals surface area (Å²) in [5.74, 6) is 0.956. The van der Waals surface area contributed by atoms with Gasteiger partial charge in [-0.05, 0) is 43.6 Å². The zero-order valence-electron chi connectivity index (χ0n) is 11.1. The molecule has 2 fully saturated rings.